The Bertz CT molecular complexity index is 653. The number of unbranched alkanes of at least 4 members (excludes halogenated alkanes) is 3. The van der Waals surface area contributed by atoms with Crippen LogP contribution < -0.4 is 11.1 Å². The maximum absolute atomic E-state index is 12.9. The largest absolute Gasteiger partial charge is 0.416 e. The Labute approximate surface area is 158 Å². The average molecular weight is 412 g/mol. The number of nitrogens with two attached hydrogens (primary N) is 1. The number of alkyl halides is 6. The number of hydrogen-bond donors (Lipinski definition) is 2. The van der Waals surface area contributed by atoms with Gasteiger partial charge < -0.3 is 11.1 Å². The van der Waals surface area contributed by atoms with E-state index in [-0.39, 0.29) is 12.5 Å². The van der Waals surface area contributed by atoms with Gasteiger partial charge in [0.2, 0.25) is 11.8 Å². The van der Waals surface area contributed by atoms with Crippen LogP contribution in [-0.2, 0) is 28.4 Å². The summed E-state index contributed by atoms with van der Waals surface area (Å²) in [7, 11) is 0. The Hall–Kier alpha value is -2.26. The van der Waals surface area contributed by atoms with Gasteiger partial charge in [0.25, 0.3) is 0 Å². The van der Waals surface area contributed by atoms with Crippen LogP contribution >= 0.6 is 0 Å². The van der Waals surface area contributed by atoms with Crippen LogP contribution in [0.25, 0.3) is 0 Å². The van der Waals surface area contributed by atoms with Gasteiger partial charge >= 0.3 is 12.4 Å². The Kier molecular flexibility index (Phi) is 8.31. The van der Waals surface area contributed by atoms with Crippen molar-refractivity contribution in [1.82, 2.24) is 5.32 Å². The molecule has 10 heteroatoms. The number of carbonyl (C=O) groups is 2. The van der Waals surface area contributed by atoms with Crippen LogP contribution in [-0.4, -0.2) is 17.9 Å². The highest BCUT2D eigenvalue weighted by Gasteiger charge is 2.37. The third kappa shape index (κ3) is 7.77. The molecule has 0 aromatic heterocycles. The Morgan fingerprint density at radius 2 is 1.50 bits per heavy atom. The molecule has 3 N–H and O–H groups in total. The van der Waals surface area contributed by atoms with E-state index < -0.39 is 53.3 Å². The molecule has 0 bridgehead atoms. The first kappa shape index (κ1) is 23.8. The summed E-state index contributed by atoms with van der Waals surface area (Å²) in [5.74, 6) is -1.70. The summed E-state index contributed by atoms with van der Waals surface area (Å²) in [6, 6.07) is -0.0799. The molecule has 1 aromatic carbocycles. The molecule has 0 saturated heterocycles. The maximum Gasteiger partial charge on any atom is 0.416 e. The molecule has 0 saturated carbocycles. The number of halogens is 6. The molecular weight excluding hydrogens is 390 g/mol. The maximum atomic E-state index is 12.9. The van der Waals surface area contributed by atoms with Gasteiger partial charge in [-0.25, -0.2) is 0 Å². The minimum atomic E-state index is -5.00. The van der Waals surface area contributed by atoms with Crippen molar-refractivity contribution < 1.29 is 35.9 Å². The van der Waals surface area contributed by atoms with Crippen molar-refractivity contribution in [2.75, 3.05) is 0 Å². The van der Waals surface area contributed by atoms with Gasteiger partial charge in [0.1, 0.15) is 6.04 Å². The molecule has 0 fully saturated rings. The van der Waals surface area contributed by atoms with Crippen LogP contribution in [0.1, 0.15) is 55.7 Å². The third-order valence-corrected chi connectivity index (χ3v) is 4.04. The minimum Gasteiger partial charge on any atom is -0.368 e. The minimum absolute atomic E-state index is 0.0126. The fraction of sp³-hybridized carbons (Fsp3) is 0.556. The van der Waals surface area contributed by atoms with E-state index in [2.05, 4.69) is 5.32 Å². The van der Waals surface area contributed by atoms with Gasteiger partial charge in [0, 0.05) is 0 Å². The summed E-state index contributed by atoms with van der Waals surface area (Å²) < 4.78 is 77.2. The van der Waals surface area contributed by atoms with Crippen LogP contribution in [0, 0.1) is 0 Å². The van der Waals surface area contributed by atoms with E-state index in [1.807, 2.05) is 6.92 Å². The lowest BCUT2D eigenvalue weighted by atomic mass is 10.0. The molecule has 0 unspecified atom stereocenters. The van der Waals surface area contributed by atoms with Gasteiger partial charge in [-0.1, -0.05) is 32.6 Å². The van der Waals surface area contributed by atoms with Crippen molar-refractivity contribution in [3.8, 4) is 0 Å². The number of rotatable bonds is 9. The highest BCUT2D eigenvalue weighted by Crippen LogP contribution is 2.36. The molecule has 158 valence electrons. The van der Waals surface area contributed by atoms with Crippen molar-refractivity contribution >= 4 is 11.8 Å². The summed E-state index contributed by atoms with van der Waals surface area (Å²) in [6.07, 6.45) is -7.22. The Balaban J connectivity index is 2.93. The highest BCUT2D eigenvalue weighted by atomic mass is 19.4. The SMILES string of the molecule is CCCCCC[C@H](NC(=O)Cc1cc(C(F)(F)F)cc(C(F)(F)F)c1)C(N)=O. The van der Waals surface area contributed by atoms with E-state index in [9.17, 15) is 35.9 Å². The molecule has 28 heavy (non-hydrogen) atoms. The number of carbonyl (C=O) groups excluding carboxylic acids is 2. The Morgan fingerprint density at radius 1 is 0.964 bits per heavy atom. The number of benzene rings is 1. The van der Waals surface area contributed by atoms with Crippen LogP contribution in [0.15, 0.2) is 18.2 Å². The van der Waals surface area contributed by atoms with Crippen molar-refractivity contribution in [1.29, 1.82) is 0 Å². The summed E-state index contributed by atoms with van der Waals surface area (Å²) in [5.41, 5.74) is 1.73. The van der Waals surface area contributed by atoms with Gasteiger partial charge in [0.05, 0.1) is 17.5 Å². The molecule has 0 aliphatic rings. The van der Waals surface area contributed by atoms with E-state index in [1.54, 1.807) is 0 Å². The van der Waals surface area contributed by atoms with E-state index in [0.29, 0.717) is 18.6 Å². The predicted octanol–water partition coefficient (Wildman–Crippen LogP) is 4.21. The quantitative estimate of drug-likeness (QED) is 0.471. The monoisotopic (exact) mass is 412 g/mol. The van der Waals surface area contributed by atoms with Crippen LogP contribution in [0.4, 0.5) is 26.3 Å². The summed E-state index contributed by atoms with van der Waals surface area (Å²) in [6.45, 7) is 1.98. The normalized spacial score (nSPS) is 13.2. The van der Waals surface area contributed by atoms with Crippen molar-refractivity contribution in [3.63, 3.8) is 0 Å². The Morgan fingerprint density at radius 3 is 1.93 bits per heavy atom. The first-order valence-corrected chi connectivity index (χ1v) is 8.71. The molecule has 4 nitrogen and oxygen atoms in total. The molecular formula is C18H22F6N2O2. The zero-order valence-corrected chi connectivity index (χ0v) is 15.2. The number of primary amides is 1. The van der Waals surface area contributed by atoms with Crippen molar-refractivity contribution in [2.45, 2.75) is 63.8 Å². The molecule has 0 heterocycles. The highest BCUT2D eigenvalue weighted by molar-refractivity contribution is 5.87. The zero-order chi connectivity index (χ0) is 21.5. The summed E-state index contributed by atoms with van der Waals surface area (Å²) >= 11 is 0. The van der Waals surface area contributed by atoms with Crippen LogP contribution in [0.3, 0.4) is 0 Å². The zero-order valence-electron chi connectivity index (χ0n) is 15.2. The summed E-state index contributed by atoms with van der Waals surface area (Å²) in [4.78, 5) is 23.5. The van der Waals surface area contributed by atoms with E-state index >= 15 is 0 Å². The third-order valence-electron chi connectivity index (χ3n) is 4.04. The van der Waals surface area contributed by atoms with E-state index in [4.69, 9.17) is 5.73 Å². The standard InChI is InChI=1S/C18H22F6N2O2/c1-2-3-4-5-6-14(16(25)28)26-15(27)9-11-7-12(17(19,20)21)10-13(8-11)18(22,23)24/h7-8,10,14H,2-6,9H2,1H3,(H2,25,28)(H,26,27)/t14-/m0/s1. The van der Waals surface area contributed by atoms with Gasteiger partial charge in [-0.2, -0.15) is 26.3 Å². The second kappa shape index (κ2) is 9.79. The van der Waals surface area contributed by atoms with Gasteiger partial charge in [-0.15, -0.1) is 0 Å². The molecule has 0 aliphatic carbocycles. The molecule has 0 aliphatic heterocycles. The van der Waals surface area contributed by atoms with Crippen molar-refractivity contribution in [2.24, 2.45) is 5.73 Å². The molecule has 0 radical (unpaired) electrons. The number of amides is 2. The van der Waals surface area contributed by atoms with Crippen LogP contribution in [0.2, 0.25) is 0 Å². The topological polar surface area (TPSA) is 72.2 Å². The first-order valence-electron chi connectivity index (χ1n) is 8.71. The predicted molar refractivity (Wildman–Crippen MR) is 90.0 cm³/mol. The average Bonchev–Trinajstić information content (AvgIpc) is 2.55. The molecule has 1 aromatic rings. The molecule has 2 amide bonds. The number of nitrogens with one attached hydrogen (secondary N) is 1. The molecule has 1 atom stereocenters. The van der Waals surface area contributed by atoms with E-state index in [0.717, 1.165) is 19.3 Å². The van der Waals surface area contributed by atoms with Gasteiger partial charge in [0.15, 0.2) is 0 Å². The molecule has 0 spiro atoms. The lowest BCUT2D eigenvalue weighted by Gasteiger charge is -2.17. The fourth-order valence-electron chi connectivity index (χ4n) is 2.61. The lowest BCUT2D eigenvalue weighted by molar-refractivity contribution is -0.143. The van der Waals surface area contributed by atoms with Gasteiger partial charge in [-0.05, 0) is 30.2 Å². The summed E-state index contributed by atoms with van der Waals surface area (Å²) in [5, 5.41) is 2.28. The second-order valence-corrected chi connectivity index (χ2v) is 6.46. The smallest absolute Gasteiger partial charge is 0.368 e. The van der Waals surface area contributed by atoms with Crippen molar-refractivity contribution in [3.05, 3.63) is 34.9 Å². The molecule has 1 rings (SSSR count). The fourth-order valence-corrected chi connectivity index (χ4v) is 2.61. The first-order chi connectivity index (χ1) is 12.8. The second-order valence-electron chi connectivity index (χ2n) is 6.46. The van der Waals surface area contributed by atoms with Gasteiger partial charge in [-0.3, -0.25) is 9.59 Å². The lowest BCUT2D eigenvalue weighted by Crippen LogP contribution is -2.45. The van der Waals surface area contributed by atoms with E-state index in [1.165, 1.54) is 0 Å². The van der Waals surface area contributed by atoms with Crippen LogP contribution in [0.5, 0.6) is 0 Å². The number of hydrogen-bond acceptors (Lipinski definition) is 2.